The van der Waals surface area contributed by atoms with Crippen LogP contribution in [-0.4, -0.2) is 39.4 Å². The van der Waals surface area contributed by atoms with Gasteiger partial charge in [-0.3, -0.25) is 4.79 Å². The number of ether oxygens (including phenoxy) is 1. The molecule has 2 aromatic carbocycles. The van der Waals surface area contributed by atoms with Crippen LogP contribution in [0.2, 0.25) is 0 Å². The number of aryl methyl sites for hydroxylation is 1. The molecular formula is C29H30FNO4. The number of carbonyl (C=O) groups is 1. The van der Waals surface area contributed by atoms with Crippen molar-refractivity contribution in [1.82, 2.24) is 4.40 Å². The van der Waals surface area contributed by atoms with Crippen LogP contribution in [0.15, 0.2) is 66.9 Å². The molecule has 182 valence electrons. The Bertz CT molecular complexity index is 1360. The molecule has 0 saturated carbocycles. The quantitative estimate of drug-likeness (QED) is 0.312. The first kappa shape index (κ1) is 24.6. The fraction of sp³-hybridized carbons (Fsp3) is 0.276. The molecule has 2 aromatic heterocycles. The van der Waals surface area contributed by atoms with Crippen LogP contribution < -0.4 is 0 Å². The lowest BCUT2D eigenvalue weighted by Gasteiger charge is -2.12. The van der Waals surface area contributed by atoms with Gasteiger partial charge in [0.15, 0.2) is 0 Å². The number of nitrogens with zero attached hydrogens (tertiary/aromatic N) is 1. The number of fused-ring (bicyclic) bond motifs is 3. The maximum atomic E-state index is 13.7. The van der Waals surface area contributed by atoms with Crippen LogP contribution in [0.1, 0.15) is 37.9 Å². The van der Waals surface area contributed by atoms with Crippen LogP contribution in [0.3, 0.4) is 0 Å². The fourth-order valence-corrected chi connectivity index (χ4v) is 4.61. The van der Waals surface area contributed by atoms with Gasteiger partial charge >= 0.3 is 5.97 Å². The summed E-state index contributed by atoms with van der Waals surface area (Å²) < 4.78 is 20.8. The van der Waals surface area contributed by atoms with Gasteiger partial charge in [-0.2, -0.15) is 0 Å². The van der Waals surface area contributed by atoms with Gasteiger partial charge in [0.05, 0.1) is 30.8 Å². The summed E-state index contributed by atoms with van der Waals surface area (Å²) in [4.78, 5) is 11.6. The molecule has 0 amide bonds. The van der Waals surface area contributed by atoms with Crippen molar-refractivity contribution in [2.45, 2.75) is 45.3 Å². The Labute approximate surface area is 204 Å². The lowest BCUT2D eigenvalue weighted by atomic mass is 9.97. The van der Waals surface area contributed by atoms with Crippen LogP contribution in [0.5, 0.6) is 0 Å². The van der Waals surface area contributed by atoms with E-state index in [1.165, 1.54) is 12.1 Å². The molecule has 35 heavy (non-hydrogen) atoms. The molecule has 0 spiro atoms. The van der Waals surface area contributed by atoms with E-state index in [1.54, 1.807) is 25.1 Å². The number of carbonyl (C=O) groups excluding carboxylic acids is 1. The summed E-state index contributed by atoms with van der Waals surface area (Å²) in [6.07, 6.45) is 4.17. The highest BCUT2D eigenvalue weighted by Gasteiger charge is 2.20. The minimum absolute atomic E-state index is 0.0129. The summed E-state index contributed by atoms with van der Waals surface area (Å²) >= 11 is 0. The van der Waals surface area contributed by atoms with E-state index in [1.807, 2.05) is 24.4 Å². The highest BCUT2D eigenvalue weighted by molar-refractivity contribution is 6.06. The second-order valence-corrected chi connectivity index (χ2v) is 8.54. The van der Waals surface area contributed by atoms with E-state index in [2.05, 4.69) is 29.5 Å². The van der Waals surface area contributed by atoms with Crippen LogP contribution in [0.25, 0.3) is 33.5 Å². The SMILES string of the molecule is CCOC(=O)CC(O)CC(O)C=Cc1c(-c2ccc(F)cc2)c2c3ccccc3ccn2c1CC. The van der Waals surface area contributed by atoms with Crippen molar-refractivity contribution in [3.63, 3.8) is 0 Å². The molecule has 6 heteroatoms. The smallest absolute Gasteiger partial charge is 0.308 e. The minimum Gasteiger partial charge on any atom is -0.466 e. The summed E-state index contributed by atoms with van der Waals surface area (Å²) in [6.45, 7) is 4.02. The highest BCUT2D eigenvalue weighted by atomic mass is 19.1. The predicted octanol–water partition coefficient (Wildman–Crippen LogP) is 5.54. The van der Waals surface area contributed by atoms with Crippen molar-refractivity contribution in [3.8, 4) is 11.1 Å². The van der Waals surface area contributed by atoms with Crippen molar-refractivity contribution in [2.24, 2.45) is 0 Å². The van der Waals surface area contributed by atoms with Crippen molar-refractivity contribution < 1.29 is 24.1 Å². The van der Waals surface area contributed by atoms with Crippen LogP contribution in [0.4, 0.5) is 4.39 Å². The Balaban J connectivity index is 1.79. The third-order valence-corrected chi connectivity index (χ3v) is 6.14. The standard InChI is InChI=1S/C29H30FNO4/c1-3-26-25(14-13-22(32)17-23(33)18-27(34)35-4-2)28(20-9-11-21(30)12-10-20)29-24-8-6-5-7-19(24)15-16-31(26)29/h5-16,22-23,32-33H,3-4,17-18H2,1-2H3. The number of aromatic nitrogens is 1. The lowest BCUT2D eigenvalue weighted by molar-refractivity contribution is -0.145. The summed E-state index contributed by atoms with van der Waals surface area (Å²) in [6, 6.07) is 16.6. The third kappa shape index (κ3) is 5.29. The molecule has 2 unspecified atom stereocenters. The van der Waals surface area contributed by atoms with E-state index in [9.17, 15) is 19.4 Å². The zero-order valence-corrected chi connectivity index (χ0v) is 19.9. The number of aliphatic hydroxyl groups is 2. The average molecular weight is 476 g/mol. The number of halogens is 1. The number of hydrogen-bond donors (Lipinski definition) is 2. The van der Waals surface area contributed by atoms with E-state index in [4.69, 9.17) is 4.74 Å². The van der Waals surface area contributed by atoms with Gasteiger partial charge in [0.2, 0.25) is 0 Å². The van der Waals surface area contributed by atoms with Gasteiger partial charge in [0.1, 0.15) is 5.82 Å². The molecule has 0 bridgehead atoms. The summed E-state index contributed by atoms with van der Waals surface area (Å²) in [5, 5.41) is 22.9. The fourth-order valence-electron chi connectivity index (χ4n) is 4.61. The molecule has 0 aliphatic carbocycles. The van der Waals surface area contributed by atoms with Gasteiger partial charge in [-0.05, 0) is 42.5 Å². The Kier molecular flexibility index (Phi) is 7.63. The van der Waals surface area contributed by atoms with Crippen molar-refractivity contribution >= 4 is 28.3 Å². The topological polar surface area (TPSA) is 71.2 Å². The molecular weight excluding hydrogens is 445 g/mol. The predicted molar refractivity (Wildman–Crippen MR) is 137 cm³/mol. The Morgan fingerprint density at radius 1 is 1.09 bits per heavy atom. The molecule has 0 aliphatic heterocycles. The molecule has 0 aliphatic rings. The number of rotatable bonds is 9. The molecule has 0 fully saturated rings. The first-order valence-corrected chi connectivity index (χ1v) is 11.9. The number of benzene rings is 2. The first-order chi connectivity index (χ1) is 16.9. The average Bonchev–Trinajstić information content (AvgIpc) is 3.17. The van der Waals surface area contributed by atoms with E-state index in [0.29, 0.717) is 0 Å². The molecule has 2 atom stereocenters. The van der Waals surface area contributed by atoms with Gasteiger partial charge in [0.25, 0.3) is 0 Å². The normalized spacial score (nSPS) is 13.5. The number of esters is 1. The first-order valence-electron chi connectivity index (χ1n) is 11.9. The maximum Gasteiger partial charge on any atom is 0.308 e. The van der Waals surface area contributed by atoms with Crippen LogP contribution in [0, 0.1) is 5.82 Å². The van der Waals surface area contributed by atoms with E-state index >= 15 is 0 Å². The van der Waals surface area contributed by atoms with E-state index in [-0.39, 0.29) is 25.3 Å². The molecule has 5 nitrogen and oxygen atoms in total. The summed E-state index contributed by atoms with van der Waals surface area (Å²) in [5.41, 5.74) is 4.82. The largest absolute Gasteiger partial charge is 0.466 e. The van der Waals surface area contributed by atoms with E-state index < -0.39 is 18.2 Å². The van der Waals surface area contributed by atoms with Gasteiger partial charge in [0, 0.05) is 34.8 Å². The van der Waals surface area contributed by atoms with E-state index in [0.717, 1.165) is 45.1 Å². The monoisotopic (exact) mass is 475 g/mol. The van der Waals surface area contributed by atoms with Gasteiger partial charge in [-0.15, -0.1) is 0 Å². The Morgan fingerprint density at radius 3 is 2.54 bits per heavy atom. The molecule has 0 radical (unpaired) electrons. The molecule has 2 N–H and O–H groups in total. The highest BCUT2D eigenvalue weighted by Crippen LogP contribution is 2.38. The van der Waals surface area contributed by atoms with Crippen LogP contribution >= 0.6 is 0 Å². The van der Waals surface area contributed by atoms with Gasteiger partial charge < -0.3 is 19.4 Å². The van der Waals surface area contributed by atoms with Crippen LogP contribution in [-0.2, 0) is 16.0 Å². The maximum absolute atomic E-state index is 13.7. The minimum atomic E-state index is -1.01. The van der Waals surface area contributed by atoms with Crippen molar-refractivity contribution in [1.29, 1.82) is 0 Å². The van der Waals surface area contributed by atoms with Crippen molar-refractivity contribution in [2.75, 3.05) is 6.61 Å². The number of pyridine rings is 1. The molecule has 0 saturated heterocycles. The lowest BCUT2D eigenvalue weighted by Crippen LogP contribution is -2.20. The second-order valence-electron chi connectivity index (χ2n) is 8.54. The second kappa shape index (κ2) is 10.8. The summed E-state index contributed by atoms with van der Waals surface area (Å²) in [5.74, 6) is -0.797. The van der Waals surface area contributed by atoms with Gasteiger partial charge in [-0.1, -0.05) is 55.5 Å². The number of hydrogen-bond acceptors (Lipinski definition) is 4. The zero-order chi connectivity index (χ0) is 24.9. The third-order valence-electron chi connectivity index (χ3n) is 6.14. The zero-order valence-electron chi connectivity index (χ0n) is 19.9. The summed E-state index contributed by atoms with van der Waals surface area (Å²) in [7, 11) is 0. The Morgan fingerprint density at radius 2 is 1.83 bits per heavy atom. The number of aliphatic hydroxyl groups excluding tert-OH is 2. The van der Waals surface area contributed by atoms with Crippen molar-refractivity contribution in [3.05, 3.63) is 83.9 Å². The molecule has 4 aromatic rings. The van der Waals surface area contributed by atoms with Gasteiger partial charge in [-0.25, -0.2) is 4.39 Å². The Hall–Kier alpha value is -3.48. The molecule has 4 rings (SSSR count). The molecule has 2 heterocycles.